The molecule has 0 radical (unpaired) electrons. The van der Waals surface area contributed by atoms with E-state index in [0.717, 1.165) is 0 Å². The maximum Gasteiger partial charge on any atom is 0.338 e. The van der Waals surface area contributed by atoms with Crippen molar-refractivity contribution in [2.45, 2.75) is 19.8 Å². The molecule has 1 atom stereocenters. The highest BCUT2D eigenvalue weighted by atomic mass is 35.5. The first-order valence-corrected chi connectivity index (χ1v) is 10.8. The first kappa shape index (κ1) is 24.2. The smallest absolute Gasteiger partial charge is 0.338 e. The number of rotatable bonds is 6. The first-order chi connectivity index (χ1) is 15.8. The van der Waals surface area contributed by atoms with Gasteiger partial charge >= 0.3 is 11.9 Å². The lowest BCUT2D eigenvalue weighted by atomic mass is 9.82. The van der Waals surface area contributed by atoms with Gasteiger partial charge in [0.05, 0.1) is 30.3 Å². The lowest BCUT2D eigenvalue weighted by molar-refractivity contribution is -0.138. The number of nitriles is 1. The molecule has 0 saturated carbocycles. The van der Waals surface area contributed by atoms with Crippen LogP contribution in [-0.4, -0.2) is 25.2 Å². The van der Waals surface area contributed by atoms with Crippen LogP contribution < -0.4 is 5.73 Å². The molecule has 0 aliphatic carbocycles. The summed E-state index contributed by atoms with van der Waals surface area (Å²) in [4.78, 5) is 25.1. The van der Waals surface area contributed by atoms with Crippen molar-refractivity contribution in [1.29, 1.82) is 5.26 Å². The Kier molecular flexibility index (Phi) is 7.64. The van der Waals surface area contributed by atoms with E-state index in [1.165, 1.54) is 18.2 Å². The van der Waals surface area contributed by atoms with Crippen molar-refractivity contribution in [1.82, 2.24) is 0 Å². The SMILES string of the molecule is CCOC(=O)C1=C(c2ccc(C(=O)OCC)cc2)OC(N)=C(C#N)C1c1ccc(Cl)cc1Cl. The summed E-state index contributed by atoms with van der Waals surface area (Å²) < 4.78 is 16.0. The first-order valence-electron chi connectivity index (χ1n) is 10.0. The van der Waals surface area contributed by atoms with Crippen LogP contribution in [-0.2, 0) is 19.0 Å². The fourth-order valence-corrected chi connectivity index (χ4v) is 3.93. The number of allylic oxidation sites excluding steroid dienone is 1. The van der Waals surface area contributed by atoms with Crippen molar-refractivity contribution in [2.75, 3.05) is 13.2 Å². The zero-order valence-corrected chi connectivity index (χ0v) is 19.4. The van der Waals surface area contributed by atoms with Crippen LogP contribution in [0, 0.1) is 11.3 Å². The molecule has 1 aliphatic heterocycles. The van der Waals surface area contributed by atoms with Crippen LogP contribution in [0.4, 0.5) is 0 Å². The summed E-state index contributed by atoms with van der Waals surface area (Å²) in [7, 11) is 0. The lowest BCUT2D eigenvalue weighted by Gasteiger charge is -2.28. The summed E-state index contributed by atoms with van der Waals surface area (Å²) in [6.07, 6.45) is 0. The van der Waals surface area contributed by atoms with Gasteiger partial charge in [-0.25, -0.2) is 9.59 Å². The molecule has 7 nitrogen and oxygen atoms in total. The predicted octanol–water partition coefficient (Wildman–Crippen LogP) is 4.95. The lowest BCUT2D eigenvalue weighted by Crippen LogP contribution is -2.26. The number of carbonyl (C=O) groups is 2. The second-order valence-electron chi connectivity index (χ2n) is 6.85. The maximum absolute atomic E-state index is 13.1. The van der Waals surface area contributed by atoms with Gasteiger partial charge in [0.1, 0.15) is 17.4 Å². The third-order valence-electron chi connectivity index (χ3n) is 4.85. The Morgan fingerprint density at radius 3 is 2.27 bits per heavy atom. The molecule has 1 heterocycles. The Labute approximate surface area is 200 Å². The average molecular weight is 487 g/mol. The quantitative estimate of drug-likeness (QED) is 0.574. The summed E-state index contributed by atoms with van der Waals surface area (Å²) >= 11 is 12.5. The van der Waals surface area contributed by atoms with Gasteiger partial charge in [0.15, 0.2) is 0 Å². The number of hydrogen-bond donors (Lipinski definition) is 1. The van der Waals surface area contributed by atoms with Gasteiger partial charge in [0.2, 0.25) is 5.88 Å². The van der Waals surface area contributed by atoms with Gasteiger partial charge in [0, 0.05) is 15.6 Å². The fraction of sp³-hybridized carbons (Fsp3) is 0.208. The van der Waals surface area contributed by atoms with Crippen LogP contribution in [0.5, 0.6) is 0 Å². The summed E-state index contributed by atoms with van der Waals surface area (Å²) in [5.74, 6) is -2.21. The second-order valence-corrected chi connectivity index (χ2v) is 7.70. The molecule has 2 aromatic rings. The summed E-state index contributed by atoms with van der Waals surface area (Å²) in [6.45, 7) is 3.71. The third kappa shape index (κ3) is 4.98. The predicted molar refractivity (Wildman–Crippen MR) is 123 cm³/mol. The van der Waals surface area contributed by atoms with Crippen LogP contribution >= 0.6 is 23.2 Å². The van der Waals surface area contributed by atoms with Crippen LogP contribution in [0.15, 0.2) is 59.5 Å². The van der Waals surface area contributed by atoms with Crippen LogP contribution in [0.1, 0.15) is 41.3 Å². The number of benzene rings is 2. The Balaban J connectivity index is 2.23. The molecule has 2 aromatic carbocycles. The molecule has 33 heavy (non-hydrogen) atoms. The van der Waals surface area contributed by atoms with E-state index < -0.39 is 17.9 Å². The summed E-state index contributed by atoms with van der Waals surface area (Å²) in [6, 6.07) is 13.0. The van der Waals surface area contributed by atoms with E-state index in [-0.39, 0.29) is 41.0 Å². The number of nitrogens with zero attached hydrogens (tertiary/aromatic N) is 1. The number of carbonyl (C=O) groups excluding carboxylic acids is 2. The minimum atomic E-state index is -0.952. The average Bonchev–Trinajstić information content (AvgIpc) is 2.79. The Morgan fingerprint density at radius 2 is 1.70 bits per heavy atom. The Bertz CT molecular complexity index is 1200. The molecule has 1 unspecified atom stereocenters. The fourth-order valence-electron chi connectivity index (χ4n) is 3.41. The Hall–Kier alpha value is -3.47. The monoisotopic (exact) mass is 486 g/mol. The number of esters is 2. The van der Waals surface area contributed by atoms with E-state index in [2.05, 4.69) is 0 Å². The van der Waals surface area contributed by atoms with Crippen LogP contribution in [0.25, 0.3) is 5.76 Å². The number of halogens is 2. The van der Waals surface area contributed by atoms with Crippen molar-refractivity contribution >= 4 is 40.9 Å². The normalized spacial score (nSPS) is 15.5. The van der Waals surface area contributed by atoms with Crippen LogP contribution in [0.3, 0.4) is 0 Å². The highest BCUT2D eigenvalue weighted by Gasteiger charge is 2.39. The van der Waals surface area contributed by atoms with E-state index in [0.29, 0.717) is 21.7 Å². The molecular formula is C24H20Cl2N2O5. The third-order valence-corrected chi connectivity index (χ3v) is 5.41. The van der Waals surface area contributed by atoms with Gasteiger partial charge in [-0.3, -0.25) is 0 Å². The van der Waals surface area contributed by atoms with E-state index in [1.807, 2.05) is 6.07 Å². The molecule has 0 bridgehead atoms. The molecular weight excluding hydrogens is 467 g/mol. The zero-order valence-electron chi connectivity index (χ0n) is 17.9. The van der Waals surface area contributed by atoms with Gasteiger partial charge in [-0.05, 0) is 43.7 Å². The van der Waals surface area contributed by atoms with Gasteiger partial charge in [-0.1, -0.05) is 41.4 Å². The summed E-state index contributed by atoms with van der Waals surface area (Å²) in [5.41, 5.74) is 7.35. The topological polar surface area (TPSA) is 112 Å². The second kappa shape index (κ2) is 10.4. The van der Waals surface area contributed by atoms with E-state index in [9.17, 15) is 14.9 Å². The van der Waals surface area contributed by atoms with Gasteiger partial charge in [-0.2, -0.15) is 5.26 Å². The van der Waals surface area contributed by atoms with Crippen molar-refractivity contribution in [3.63, 3.8) is 0 Å². The molecule has 0 aromatic heterocycles. The zero-order chi connectivity index (χ0) is 24.1. The molecule has 0 amide bonds. The van der Waals surface area contributed by atoms with Crippen molar-refractivity contribution in [3.8, 4) is 6.07 Å². The van der Waals surface area contributed by atoms with Crippen molar-refractivity contribution in [2.24, 2.45) is 5.73 Å². The number of hydrogen-bond acceptors (Lipinski definition) is 7. The van der Waals surface area contributed by atoms with Gasteiger partial charge < -0.3 is 19.9 Å². The van der Waals surface area contributed by atoms with Crippen molar-refractivity contribution in [3.05, 3.63) is 86.2 Å². The molecule has 170 valence electrons. The van der Waals surface area contributed by atoms with Gasteiger partial charge in [0.25, 0.3) is 0 Å². The van der Waals surface area contributed by atoms with Crippen molar-refractivity contribution < 1.29 is 23.8 Å². The van der Waals surface area contributed by atoms with E-state index >= 15 is 0 Å². The highest BCUT2D eigenvalue weighted by molar-refractivity contribution is 6.35. The van der Waals surface area contributed by atoms with Crippen LogP contribution in [0.2, 0.25) is 10.0 Å². The Morgan fingerprint density at radius 1 is 1.06 bits per heavy atom. The maximum atomic E-state index is 13.1. The molecule has 3 rings (SSSR count). The van der Waals surface area contributed by atoms with Gasteiger partial charge in [-0.15, -0.1) is 0 Å². The molecule has 0 spiro atoms. The highest BCUT2D eigenvalue weighted by Crippen LogP contribution is 2.45. The van der Waals surface area contributed by atoms with E-state index in [1.54, 1.807) is 38.1 Å². The molecule has 2 N–H and O–H groups in total. The molecule has 9 heteroatoms. The minimum absolute atomic E-state index is 0.00849. The number of ether oxygens (including phenoxy) is 3. The summed E-state index contributed by atoms with van der Waals surface area (Å²) in [5, 5.41) is 10.4. The minimum Gasteiger partial charge on any atom is -0.463 e. The molecule has 0 fully saturated rings. The standard InChI is InChI=1S/C24H20Cl2N2O5/c1-3-31-23(29)14-7-5-13(6-8-14)21-20(24(30)32-4-2)19(17(12-27)22(28)33-21)16-10-9-15(25)11-18(16)26/h5-11,19H,3-4,28H2,1-2H3. The van der Waals surface area contributed by atoms with E-state index in [4.69, 9.17) is 43.1 Å². The molecule has 1 aliphatic rings. The molecule has 0 saturated heterocycles. The number of nitrogens with two attached hydrogens (primary N) is 1. The largest absolute Gasteiger partial charge is 0.463 e.